The number of carboxylic acids is 2. The summed E-state index contributed by atoms with van der Waals surface area (Å²) < 4.78 is 0. The van der Waals surface area contributed by atoms with E-state index in [4.69, 9.17) is 10.2 Å². The van der Waals surface area contributed by atoms with Crippen molar-refractivity contribution in [2.24, 2.45) is 0 Å². The molecule has 0 amide bonds. The number of benzene rings is 3. The second-order valence-electron chi connectivity index (χ2n) is 6.15. The molecular weight excluding hydrogens is 372 g/mol. The largest absolute Gasteiger partial charge is 0.508 e. The first-order valence-corrected chi connectivity index (χ1v) is 8.70. The molecule has 0 aliphatic carbocycles. The van der Waals surface area contributed by atoms with Gasteiger partial charge >= 0.3 is 11.9 Å². The predicted molar refractivity (Wildman–Crippen MR) is 111 cm³/mol. The molecule has 0 unspecified atom stereocenters. The number of phenolic OH excluding ortho intramolecular Hbond substituents is 2. The smallest absolute Gasteiger partial charge is 0.335 e. The van der Waals surface area contributed by atoms with Gasteiger partial charge in [0.1, 0.15) is 11.5 Å². The third kappa shape index (κ3) is 7.38. The van der Waals surface area contributed by atoms with E-state index < -0.39 is 11.9 Å². The maximum atomic E-state index is 10.2. The predicted octanol–water partition coefficient (Wildman–Crippen LogP) is 4.79. The molecule has 0 bridgehead atoms. The third-order valence-electron chi connectivity index (χ3n) is 4.07. The molecule has 3 aromatic rings. The summed E-state index contributed by atoms with van der Waals surface area (Å²) in [5.41, 5.74) is 2.87. The highest BCUT2D eigenvalue weighted by atomic mass is 16.4. The molecule has 0 aromatic heterocycles. The van der Waals surface area contributed by atoms with E-state index in [1.54, 1.807) is 87.5 Å². The molecule has 0 aliphatic rings. The zero-order chi connectivity index (χ0) is 22.0. The standard InChI is InChI=1S/C9H12O2.2C7H6O2/c1-5-4-8(10)6(2)7(3)9(5)11;2*8-7(9)6-4-2-1-3-5-6/h4,10-11H,1-3H3;2*1-5H,(H,8,9). The van der Waals surface area contributed by atoms with Crippen molar-refractivity contribution in [3.8, 4) is 11.5 Å². The lowest BCUT2D eigenvalue weighted by Gasteiger charge is -2.07. The maximum absolute atomic E-state index is 10.2. The van der Waals surface area contributed by atoms with Crippen LogP contribution >= 0.6 is 0 Å². The average molecular weight is 396 g/mol. The molecule has 6 nitrogen and oxygen atoms in total. The first-order valence-electron chi connectivity index (χ1n) is 8.70. The number of hydrogen-bond acceptors (Lipinski definition) is 4. The molecule has 4 N–H and O–H groups in total. The van der Waals surface area contributed by atoms with Crippen LogP contribution in [0.25, 0.3) is 0 Å². The lowest BCUT2D eigenvalue weighted by molar-refractivity contribution is 0.0686. The lowest BCUT2D eigenvalue weighted by atomic mass is 10.0. The van der Waals surface area contributed by atoms with Gasteiger partial charge in [0.15, 0.2) is 0 Å². The summed E-state index contributed by atoms with van der Waals surface area (Å²) in [5, 5.41) is 35.5. The van der Waals surface area contributed by atoms with E-state index in [2.05, 4.69) is 0 Å². The van der Waals surface area contributed by atoms with Gasteiger partial charge in [0.25, 0.3) is 0 Å². The van der Waals surface area contributed by atoms with Crippen LogP contribution in [0.2, 0.25) is 0 Å². The molecular formula is C23H24O6. The minimum absolute atomic E-state index is 0.248. The fourth-order valence-electron chi connectivity index (χ4n) is 2.21. The van der Waals surface area contributed by atoms with Gasteiger partial charge in [-0.3, -0.25) is 0 Å². The fraction of sp³-hybridized carbons (Fsp3) is 0.130. The first kappa shape index (κ1) is 23.2. The minimum Gasteiger partial charge on any atom is -0.508 e. The maximum Gasteiger partial charge on any atom is 0.335 e. The Morgan fingerprint density at radius 3 is 1.34 bits per heavy atom. The monoisotopic (exact) mass is 396 g/mol. The molecule has 0 spiro atoms. The van der Waals surface area contributed by atoms with Gasteiger partial charge in [-0.1, -0.05) is 36.4 Å². The summed E-state index contributed by atoms with van der Waals surface area (Å²) in [5.74, 6) is -1.23. The third-order valence-corrected chi connectivity index (χ3v) is 4.07. The van der Waals surface area contributed by atoms with E-state index >= 15 is 0 Å². The average Bonchev–Trinajstić information content (AvgIpc) is 2.73. The number of aromatic hydroxyl groups is 2. The van der Waals surface area contributed by atoms with E-state index in [1.807, 2.05) is 0 Å². The number of carboxylic acid groups (broad SMARTS) is 2. The van der Waals surface area contributed by atoms with E-state index in [0.717, 1.165) is 11.1 Å². The van der Waals surface area contributed by atoms with Crippen LogP contribution in [0.4, 0.5) is 0 Å². The van der Waals surface area contributed by atoms with Crippen molar-refractivity contribution in [1.82, 2.24) is 0 Å². The second kappa shape index (κ2) is 11.1. The van der Waals surface area contributed by atoms with Crippen molar-refractivity contribution in [3.63, 3.8) is 0 Å². The van der Waals surface area contributed by atoms with Crippen LogP contribution in [0.1, 0.15) is 37.4 Å². The summed E-state index contributed by atoms with van der Waals surface area (Å²) in [6, 6.07) is 18.2. The second-order valence-corrected chi connectivity index (χ2v) is 6.15. The molecule has 0 fully saturated rings. The molecule has 0 saturated heterocycles. The fourth-order valence-corrected chi connectivity index (χ4v) is 2.21. The summed E-state index contributed by atoms with van der Waals surface area (Å²) in [6.45, 7) is 5.34. The summed E-state index contributed by atoms with van der Waals surface area (Å²) in [6.07, 6.45) is 0. The Morgan fingerprint density at radius 2 is 1.03 bits per heavy atom. The van der Waals surface area contributed by atoms with Crippen LogP contribution in [0.5, 0.6) is 11.5 Å². The topological polar surface area (TPSA) is 115 Å². The molecule has 0 atom stereocenters. The molecule has 29 heavy (non-hydrogen) atoms. The highest BCUT2D eigenvalue weighted by molar-refractivity contribution is 5.87. The molecule has 3 aromatic carbocycles. The lowest BCUT2D eigenvalue weighted by Crippen LogP contribution is -1.93. The van der Waals surface area contributed by atoms with Gasteiger partial charge in [-0.15, -0.1) is 0 Å². The minimum atomic E-state index is -0.879. The van der Waals surface area contributed by atoms with Crippen molar-refractivity contribution in [1.29, 1.82) is 0 Å². The number of rotatable bonds is 2. The number of aromatic carboxylic acids is 2. The van der Waals surface area contributed by atoms with E-state index in [-0.39, 0.29) is 11.5 Å². The summed E-state index contributed by atoms with van der Waals surface area (Å²) in [4.78, 5) is 20.4. The Kier molecular flexibility index (Phi) is 8.92. The molecule has 152 valence electrons. The summed E-state index contributed by atoms with van der Waals surface area (Å²) >= 11 is 0. The van der Waals surface area contributed by atoms with Crippen molar-refractivity contribution >= 4 is 11.9 Å². The van der Waals surface area contributed by atoms with Gasteiger partial charge < -0.3 is 20.4 Å². The van der Waals surface area contributed by atoms with Gasteiger partial charge in [0, 0.05) is 0 Å². The molecule has 3 rings (SSSR count). The SMILES string of the molecule is Cc1cc(O)c(C)c(C)c1O.O=C(O)c1ccccc1.O=C(O)c1ccccc1. The van der Waals surface area contributed by atoms with Gasteiger partial charge in [-0.25, -0.2) is 9.59 Å². The zero-order valence-corrected chi connectivity index (χ0v) is 16.5. The number of aryl methyl sites for hydroxylation is 1. The molecule has 0 saturated carbocycles. The molecule has 0 heterocycles. The van der Waals surface area contributed by atoms with E-state index in [9.17, 15) is 19.8 Å². The zero-order valence-electron chi connectivity index (χ0n) is 16.5. The molecule has 0 radical (unpaired) electrons. The van der Waals surface area contributed by atoms with Gasteiger partial charge in [-0.2, -0.15) is 0 Å². The van der Waals surface area contributed by atoms with Crippen LogP contribution < -0.4 is 0 Å². The van der Waals surface area contributed by atoms with Crippen LogP contribution in [-0.2, 0) is 0 Å². The normalized spacial score (nSPS) is 9.34. The van der Waals surface area contributed by atoms with Gasteiger partial charge in [-0.05, 0) is 67.8 Å². The first-order chi connectivity index (χ1) is 13.6. The number of phenols is 2. The molecule has 0 aliphatic heterocycles. The molecule has 6 heteroatoms. The summed E-state index contributed by atoms with van der Waals surface area (Å²) in [7, 11) is 0. The quantitative estimate of drug-likeness (QED) is 0.463. The van der Waals surface area contributed by atoms with E-state index in [0.29, 0.717) is 16.7 Å². The van der Waals surface area contributed by atoms with Gasteiger partial charge in [0.2, 0.25) is 0 Å². The Bertz CT molecular complexity index is 874. The Labute approximate surface area is 169 Å². The van der Waals surface area contributed by atoms with Crippen LogP contribution in [-0.4, -0.2) is 32.4 Å². The van der Waals surface area contributed by atoms with Crippen molar-refractivity contribution in [2.45, 2.75) is 20.8 Å². The number of carbonyl (C=O) groups is 2. The Morgan fingerprint density at radius 1 is 0.655 bits per heavy atom. The van der Waals surface area contributed by atoms with Crippen molar-refractivity contribution in [3.05, 3.63) is 94.5 Å². The highest BCUT2D eigenvalue weighted by Crippen LogP contribution is 2.30. The van der Waals surface area contributed by atoms with Crippen molar-refractivity contribution < 1.29 is 30.0 Å². The van der Waals surface area contributed by atoms with Crippen LogP contribution in [0.15, 0.2) is 66.7 Å². The Balaban J connectivity index is 0.000000219. The van der Waals surface area contributed by atoms with Crippen molar-refractivity contribution in [2.75, 3.05) is 0 Å². The number of hydrogen-bond donors (Lipinski definition) is 4. The van der Waals surface area contributed by atoms with E-state index in [1.165, 1.54) is 0 Å². The van der Waals surface area contributed by atoms with Crippen LogP contribution in [0.3, 0.4) is 0 Å². The highest BCUT2D eigenvalue weighted by Gasteiger charge is 2.07. The Hall–Kier alpha value is -3.80. The van der Waals surface area contributed by atoms with Gasteiger partial charge in [0.05, 0.1) is 11.1 Å². The van der Waals surface area contributed by atoms with Crippen LogP contribution in [0, 0.1) is 20.8 Å².